The summed E-state index contributed by atoms with van der Waals surface area (Å²) in [6.07, 6.45) is 1.71. The van der Waals surface area contributed by atoms with Crippen LogP contribution < -0.4 is 5.32 Å². The second kappa shape index (κ2) is 11.3. The number of hydrogen-bond donors (Lipinski definition) is 1. The monoisotopic (exact) mass is 475 g/mol. The van der Waals surface area contributed by atoms with E-state index in [0.717, 1.165) is 10.4 Å². The van der Waals surface area contributed by atoms with Gasteiger partial charge in [-0.25, -0.2) is 13.4 Å². The minimum absolute atomic E-state index is 0.0990. The summed E-state index contributed by atoms with van der Waals surface area (Å²) in [6.45, 7) is 0.945. The molecule has 8 nitrogen and oxygen atoms in total. The van der Waals surface area contributed by atoms with E-state index >= 15 is 0 Å². The number of carbonyl (C=O) groups excluding carboxylic acids is 1. The lowest BCUT2D eigenvalue weighted by atomic mass is 10.2. The highest BCUT2D eigenvalue weighted by molar-refractivity contribution is 7.89. The first kappa shape index (κ1) is 24.0. The number of thiazole rings is 1. The lowest BCUT2D eigenvalue weighted by Gasteiger charge is -2.21. The summed E-state index contributed by atoms with van der Waals surface area (Å²) in [6, 6.07) is 15.6. The molecule has 170 valence electrons. The lowest BCUT2D eigenvalue weighted by molar-refractivity contribution is 0.102. The van der Waals surface area contributed by atoms with Crippen LogP contribution in [0.1, 0.15) is 10.4 Å². The summed E-state index contributed by atoms with van der Waals surface area (Å²) in [4.78, 5) is 17.9. The molecular weight excluding hydrogens is 450 g/mol. The minimum Gasteiger partial charge on any atom is -0.383 e. The SMILES string of the molecule is COCCN(CCOC)S(=O)(=O)c1ccc(C(=O)Nc2ncc(-c3ccccc3)s2)cc1. The fourth-order valence-electron chi connectivity index (χ4n) is 2.90. The Morgan fingerprint density at radius 2 is 1.62 bits per heavy atom. The van der Waals surface area contributed by atoms with Crippen LogP contribution in [-0.4, -0.2) is 64.1 Å². The van der Waals surface area contributed by atoms with Crippen LogP contribution in [0.3, 0.4) is 0 Å². The van der Waals surface area contributed by atoms with E-state index in [-0.39, 0.29) is 37.1 Å². The molecule has 3 aromatic rings. The third-order valence-corrected chi connectivity index (χ3v) is 7.50. The molecule has 0 saturated carbocycles. The van der Waals surface area contributed by atoms with Gasteiger partial charge in [0, 0.05) is 39.1 Å². The van der Waals surface area contributed by atoms with Crippen LogP contribution in [-0.2, 0) is 19.5 Å². The number of methoxy groups -OCH3 is 2. The molecule has 32 heavy (non-hydrogen) atoms. The first-order valence-electron chi connectivity index (χ1n) is 9.86. The zero-order chi connectivity index (χ0) is 23.0. The number of ether oxygens (including phenoxy) is 2. The average Bonchev–Trinajstić information content (AvgIpc) is 3.28. The highest BCUT2D eigenvalue weighted by Crippen LogP contribution is 2.29. The van der Waals surface area contributed by atoms with Gasteiger partial charge in [-0.2, -0.15) is 4.31 Å². The Kier molecular flexibility index (Phi) is 8.48. The van der Waals surface area contributed by atoms with Crippen molar-refractivity contribution in [1.29, 1.82) is 0 Å². The number of carbonyl (C=O) groups is 1. The van der Waals surface area contributed by atoms with Gasteiger partial charge in [0.15, 0.2) is 5.13 Å². The second-order valence-electron chi connectivity index (χ2n) is 6.76. The first-order valence-corrected chi connectivity index (χ1v) is 12.1. The van der Waals surface area contributed by atoms with Crippen molar-refractivity contribution in [3.63, 3.8) is 0 Å². The van der Waals surface area contributed by atoms with Crippen LogP contribution in [0, 0.1) is 0 Å². The van der Waals surface area contributed by atoms with Crippen molar-refractivity contribution < 1.29 is 22.7 Å². The molecule has 0 aliphatic heterocycles. The van der Waals surface area contributed by atoms with E-state index in [9.17, 15) is 13.2 Å². The van der Waals surface area contributed by atoms with E-state index in [1.54, 1.807) is 6.20 Å². The number of sulfonamides is 1. The Morgan fingerprint density at radius 3 is 2.22 bits per heavy atom. The minimum atomic E-state index is -3.74. The van der Waals surface area contributed by atoms with Gasteiger partial charge in [-0.15, -0.1) is 0 Å². The normalized spacial score (nSPS) is 11.6. The van der Waals surface area contributed by atoms with Gasteiger partial charge in [0.05, 0.1) is 23.0 Å². The van der Waals surface area contributed by atoms with Crippen LogP contribution >= 0.6 is 11.3 Å². The van der Waals surface area contributed by atoms with Crippen molar-refractivity contribution in [3.05, 3.63) is 66.4 Å². The number of aromatic nitrogens is 1. The molecule has 0 atom stereocenters. The third-order valence-electron chi connectivity index (χ3n) is 4.63. The third kappa shape index (κ3) is 5.99. The molecule has 1 amide bonds. The molecule has 0 fully saturated rings. The zero-order valence-electron chi connectivity index (χ0n) is 17.9. The fraction of sp³-hybridized carbons (Fsp3) is 0.273. The second-order valence-corrected chi connectivity index (χ2v) is 9.73. The van der Waals surface area contributed by atoms with Crippen LogP contribution in [0.2, 0.25) is 0 Å². The smallest absolute Gasteiger partial charge is 0.257 e. The quantitative estimate of drug-likeness (QED) is 0.457. The molecule has 1 heterocycles. The summed E-state index contributed by atoms with van der Waals surface area (Å²) in [5.41, 5.74) is 1.35. The van der Waals surface area contributed by atoms with Crippen molar-refractivity contribution in [3.8, 4) is 10.4 Å². The zero-order valence-corrected chi connectivity index (χ0v) is 19.5. The molecule has 0 unspecified atom stereocenters. The van der Waals surface area contributed by atoms with Crippen molar-refractivity contribution in [2.24, 2.45) is 0 Å². The van der Waals surface area contributed by atoms with Gasteiger partial charge in [0.2, 0.25) is 10.0 Å². The fourth-order valence-corrected chi connectivity index (χ4v) is 5.13. The van der Waals surface area contributed by atoms with Crippen molar-refractivity contribution >= 4 is 32.4 Å². The number of anilines is 1. The van der Waals surface area contributed by atoms with Crippen molar-refractivity contribution in [2.45, 2.75) is 4.90 Å². The number of hydrogen-bond acceptors (Lipinski definition) is 7. The molecule has 0 spiro atoms. The molecule has 0 saturated heterocycles. The van der Waals surface area contributed by atoms with E-state index < -0.39 is 10.0 Å². The maximum absolute atomic E-state index is 13.0. The predicted molar refractivity (Wildman–Crippen MR) is 124 cm³/mol. The standard InChI is InChI=1S/C22H25N3O5S2/c1-29-14-12-25(13-15-30-2)32(27,28)19-10-8-18(9-11-19)21(26)24-22-23-16-20(31-22)17-6-4-3-5-7-17/h3-11,16H,12-15H2,1-2H3,(H,23,24,26). The summed E-state index contributed by atoms with van der Waals surface area (Å²) < 4.78 is 37.3. The van der Waals surface area contributed by atoms with Crippen molar-refractivity contribution in [2.75, 3.05) is 45.8 Å². The Hall–Kier alpha value is -2.63. The van der Waals surface area contributed by atoms with E-state index in [0.29, 0.717) is 10.7 Å². The maximum atomic E-state index is 13.0. The molecule has 0 aliphatic carbocycles. The molecule has 0 aliphatic rings. The van der Waals surface area contributed by atoms with Gasteiger partial charge in [0.25, 0.3) is 5.91 Å². The molecular formula is C22H25N3O5S2. The van der Waals surface area contributed by atoms with E-state index in [1.165, 1.54) is 54.1 Å². The van der Waals surface area contributed by atoms with Gasteiger partial charge in [-0.3, -0.25) is 10.1 Å². The first-order chi connectivity index (χ1) is 15.5. The number of rotatable bonds is 11. The van der Waals surface area contributed by atoms with E-state index in [1.807, 2.05) is 30.3 Å². The van der Waals surface area contributed by atoms with E-state index in [4.69, 9.17) is 9.47 Å². The molecule has 0 bridgehead atoms. The number of nitrogens with one attached hydrogen (secondary N) is 1. The topological polar surface area (TPSA) is 97.8 Å². The summed E-state index contributed by atoms with van der Waals surface area (Å²) in [5.74, 6) is -0.362. The number of nitrogens with zero attached hydrogens (tertiary/aromatic N) is 2. The Bertz CT molecular complexity index is 1110. The average molecular weight is 476 g/mol. The number of amides is 1. The summed E-state index contributed by atoms with van der Waals surface area (Å²) >= 11 is 1.37. The highest BCUT2D eigenvalue weighted by atomic mass is 32.2. The predicted octanol–water partition coefficient (Wildman–Crippen LogP) is 3.35. The Morgan fingerprint density at radius 1 is 1.00 bits per heavy atom. The van der Waals surface area contributed by atoms with Crippen LogP contribution in [0.15, 0.2) is 65.7 Å². The molecule has 10 heteroatoms. The van der Waals surface area contributed by atoms with Gasteiger partial charge >= 0.3 is 0 Å². The lowest BCUT2D eigenvalue weighted by Crippen LogP contribution is -2.36. The molecule has 1 aromatic heterocycles. The number of benzene rings is 2. The largest absolute Gasteiger partial charge is 0.383 e. The van der Waals surface area contributed by atoms with Gasteiger partial charge in [-0.1, -0.05) is 41.7 Å². The van der Waals surface area contributed by atoms with Gasteiger partial charge in [0.1, 0.15) is 0 Å². The highest BCUT2D eigenvalue weighted by Gasteiger charge is 2.24. The van der Waals surface area contributed by atoms with Crippen LogP contribution in [0.5, 0.6) is 0 Å². The Balaban J connectivity index is 1.70. The van der Waals surface area contributed by atoms with Crippen LogP contribution in [0.25, 0.3) is 10.4 Å². The van der Waals surface area contributed by atoms with Gasteiger partial charge < -0.3 is 9.47 Å². The molecule has 3 rings (SSSR count). The summed E-state index contributed by atoms with van der Waals surface area (Å²) in [5, 5.41) is 3.23. The Labute approximate surface area is 191 Å². The molecule has 1 N–H and O–H groups in total. The van der Waals surface area contributed by atoms with Crippen molar-refractivity contribution in [1.82, 2.24) is 9.29 Å². The van der Waals surface area contributed by atoms with Crippen LogP contribution in [0.4, 0.5) is 5.13 Å². The van der Waals surface area contributed by atoms with Gasteiger partial charge in [-0.05, 0) is 29.8 Å². The maximum Gasteiger partial charge on any atom is 0.257 e. The molecule has 2 aromatic carbocycles. The summed E-state index contributed by atoms with van der Waals surface area (Å²) in [7, 11) is -0.716. The molecule has 0 radical (unpaired) electrons. The van der Waals surface area contributed by atoms with E-state index in [2.05, 4.69) is 10.3 Å².